The Balaban J connectivity index is 1.78. The fourth-order valence-corrected chi connectivity index (χ4v) is 3.75. The molecular formula is C22H32ClN5O. The number of rotatable bonds is 7. The van der Waals surface area contributed by atoms with E-state index in [1.165, 1.54) is 11.3 Å². The number of hydrogen-bond acceptors (Lipinski definition) is 3. The summed E-state index contributed by atoms with van der Waals surface area (Å²) in [6.45, 7) is 7.78. The molecule has 29 heavy (non-hydrogen) atoms. The predicted octanol–water partition coefficient (Wildman–Crippen LogP) is 3.15. The first-order chi connectivity index (χ1) is 14.1. The number of morpholine rings is 1. The van der Waals surface area contributed by atoms with Crippen LogP contribution in [-0.2, 0) is 18.3 Å². The maximum atomic E-state index is 6.11. The summed E-state index contributed by atoms with van der Waals surface area (Å²) in [6.07, 6.45) is 2.07. The molecule has 1 aromatic heterocycles. The van der Waals surface area contributed by atoms with Crippen molar-refractivity contribution in [3.05, 3.63) is 58.9 Å². The standard InChI is InChI=1S/C22H32ClN5O/c1-4-24-22(27(3)17-20-6-5-11-26(20)2)25-16-21(28-12-14-29-15-13-28)18-7-9-19(23)10-8-18/h5-11,21H,4,12-17H2,1-3H3,(H,24,25). The molecule has 0 spiro atoms. The van der Waals surface area contributed by atoms with Crippen LogP contribution in [0, 0.1) is 0 Å². The molecule has 1 aliphatic heterocycles. The summed E-state index contributed by atoms with van der Waals surface area (Å²) in [5.41, 5.74) is 2.49. The van der Waals surface area contributed by atoms with Crippen molar-refractivity contribution in [1.82, 2.24) is 19.7 Å². The van der Waals surface area contributed by atoms with Gasteiger partial charge in [-0.25, -0.2) is 0 Å². The van der Waals surface area contributed by atoms with Gasteiger partial charge in [0.1, 0.15) is 0 Å². The van der Waals surface area contributed by atoms with Gasteiger partial charge in [0.15, 0.2) is 5.96 Å². The van der Waals surface area contributed by atoms with E-state index in [-0.39, 0.29) is 6.04 Å². The van der Waals surface area contributed by atoms with Gasteiger partial charge in [-0.15, -0.1) is 0 Å². The minimum absolute atomic E-state index is 0.202. The van der Waals surface area contributed by atoms with Gasteiger partial charge in [0.2, 0.25) is 0 Å². The van der Waals surface area contributed by atoms with Gasteiger partial charge < -0.3 is 19.5 Å². The number of hydrogen-bond donors (Lipinski definition) is 1. The van der Waals surface area contributed by atoms with Crippen LogP contribution < -0.4 is 5.32 Å². The molecule has 1 saturated heterocycles. The lowest BCUT2D eigenvalue weighted by Crippen LogP contribution is -2.42. The number of ether oxygens (including phenoxy) is 1. The maximum Gasteiger partial charge on any atom is 0.194 e. The highest BCUT2D eigenvalue weighted by Gasteiger charge is 2.23. The van der Waals surface area contributed by atoms with Crippen LogP contribution in [0.5, 0.6) is 0 Å². The molecule has 0 saturated carbocycles. The molecule has 0 bridgehead atoms. The number of benzene rings is 1. The van der Waals surface area contributed by atoms with E-state index in [4.69, 9.17) is 21.3 Å². The van der Waals surface area contributed by atoms with Crippen molar-refractivity contribution in [1.29, 1.82) is 0 Å². The Kier molecular flexibility index (Phi) is 7.98. The molecule has 0 radical (unpaired) electrons. The zero-order chi connectivity index (χ0) is 20.6. The van der Waals surface area contributed by atoms with Crippen LogP contribution in [-0.4, -0.2) is 66.8 Å². The normalized spacial score (nSPS) is 16.6. The summed E-state index contributed by atoms with van der Waals surface area (Å²) in [7, 11) is 4.16. The molecule has 1 aliphatic rings. The van der Waals surface area contributed by atoms with Crippen LogP contribution >= 0.6 is 11.6 Å². The fourth-order valence-electron chi connectivity index (χ4n) is 3.63. The van der Waals surface area contributed by atoms with Gasteiger partial charge in [-0.05, 0) is 36.8 Å². The van der Waals surface area contributed by atoms with Gasteiger partial charge in [-0.1, -0.05) is 23.7 Å². The van der Waals surface area contributed by atoms with Crippen molar-refractivity contribution in [2.75, 3.05) is 46.4 Å². The molecule has 1 aromatic carbocycles. The lowest BCUT2D eigenvalue weighted by Gasteiger charge is -2.34. The highest BCUT2D eigenvalue weighted by Crippen LogP contribution is 2.24. The summed E-state index contributed by atoms with van der Waals surface area (Å²) < 4.78 is 7.70. The van der Waals surface area contributed by atoms with E-state index in [1.54, 1.807) is 0 Å². The molecule has 2 aromatic rings. The maximum absolute atomic E-state index is 6.11. The van der Waals surface area contributed by atoms with E-state index < -0.39 is 0 Å². The van der Waals surface area contributed by atoms with Crippen molar-refractivity contribution in [2.24, 2.45) is 12.0 Å². The van der Waals surface area contributed by atoms with E-state index in [1.807, 2.05) is 12.1 Å². The number of aliphatic imine (C=N–C) groups is 1. The first-order valence-electron chi connectivity index (χ1n) is 10.3. The molecule has 158 valence electrons. The Morgan fingerprint density at radius 2 is 1.97 bits per heavy atom. The molecule has 2 heterocycles. The van der Waals surface area contributed by atoms with Gasteiger partial charge in [0, 0.05) is 50.6 Å². The second-order valence-electron chi connectivity index (χ2n) is 7.38. The van der Waals surface area contributed by atoms with Gasteiger partial charge in [0.05, 0.1) is 32.3 Å². The molecule has 7 heteroatoms. The van der Waals surface area contributed by atoms with Crippen LogP contribution in [0.15, 0.2) is 47.6 Å². The van der Waals surface area contributed by atoms with Crippen molar-refractivity contribution in [2.45, 2.75) is 19.5 Å². The molecule has 1 unspecified atom stereocenters. The predicted molar refractivity (Wildman–Crippen MR) is 119 cm³/mol. The van der Waals surface area contributed by atoms with Crippen LogP contribution in [0.25, 0.3) is 0 Å². The average Bonchev–Trinajstić information content (AvgIpc) is 3.13. The Hall–Kier alpha value is -2.02. The Labute approximate surface area is 179 Å². The molecule has 1 N–H and O–H groups in total. The summed E-state index contributed by atoms with van der Waals surface area (Å²) in [5.74, 6) is 0.918. The Morgan fingerprint density at radius 1 is 1.24 bits per heavy atom. The molecule has 1 atom stereocenters. The summed E-state index contributed by atoms with van der Waals surface area (Å²) in [6, 6.07) is 12.6. The molecule has 3 rings (SSSR count). The zero-order valence-corrected chi connectivity index (χ0v) is 18.4. The number of nitrogens with one attached hydrogen (secondary N) is 1. The largest absolute Gasteiger partial charge is 0.379 e. The summed E-state index contributed by atoms with van der Waals surface area (Å²) in [5, 5.41) is 4.19. The number of aryl methyl sites for hydroxylation is 1. The van der Waals surface area contributed by atoms with Crippen LogP contribution in [0.2, 0.25) is 5.02 Å². The summed E-state index contributed by atoms with van der Waals surface area (Å²) in [4.78, 5) is 9.64. The van der Waals surface area contributed by atoms with E-state index >= 15 is 0 Å². The Morgan fingerprint density at radius 3 is 2.59 bits per heavy atom. The highest BCUT2D eigenvalue weighted by atomic mass is 35.5. The molecule has 0 aliphatic carbocycles. The minimum Gasteiger partial charge on any atom is -0.379 e. The zero-order valence-electron chi connectivity index (χ0n) is 17.6. The van der Waals surface area contributed by atoms with Crippen LogP contribution in [0.1, 0.15) is 24.2 Å². The van der Waals surface area contributed by atoms with E-state index in [2.05, 4.69) is 71.2 Å². The first kappa shape index (κ1) is 21.7. The second kappa shape index (κ2) is 10.7. The van der Waals surface area contributed by atoms with Gasteiger partial charge in [0.25, 0.3) is 0 Å². The number of guanidine groups is 1. The van der Waals surface area contributed by atoms with E-state index in [0.717, 1.165) is 50.4 Å². The third-order valence-electron chi connectivity index (χ3n) is 5.30. The highest BCUT2D eigenvalue weighted by molar-refractivity contribution is 6.30. The monoisotopic (exact) mass is 417 g/mol. The summed E-state index contributed by atoms with van der Waals surface area (Å²) >= 11 is 6.11. The van der Waals surface area contributed by atoms with Gasteiger partial charge >= 0.3 is 0 Å². The van der Waals surface area contributed by atoms with Crippen molar-refractivity contribution < 1.29 is 4.74 Å². The van der Waals surface area contributed by atoms with Crippen LogP contribution in [0.3, 0.4) is 0 Å². The SMILES string of the molecule is CCNC(=NCC(c1ccc(Cl)cc1)N1CCOCC1)N(C)Cc1cccn1C. The van der Waals surface area contributed by atoms with Crippen molar-refractivity contribution in [3.8, 4) is 0 Å². The molecule has 6 nitrogen and oxygen atoms in total. The van der Waals surface area contributed by atoms with Crippen molar-refractivity contribution >= 4 is 17.6 Å². The number of halogens is 1. The third-order valence-corrected chi connectivity index (χ3v) is 5.55. The first-order valence-corrected chi connectivity index (χ1v) is 10.6. The van der Waals surface area contributed by atoms with Gasteiger partial charge in [-0.2, -0.15) is 0 Å². The molecule has 1 fully saturated rings. The van der Waals surface area contributed by atoms with Crippen molar-refractivity contribution in [3.63, 3.8) is 0 Å². The Bertz CT molecular complexity index is 783. The third kappa shape index (κ3) is 5.98. The minimum atomic E-state index is 0.202. The second-order valence-corrected chi connectivity index (χ2v) is 7.81. The number of nitrogens with zero attached hydrogens (tertiary/aromatic N) is 4. The molecule has 0 amide bonds. The van der Waals surface area contributed by atoms with E-state index in [0.29, 0.717) is 6.54 Å². The molecular weight excluding hydrogens is 386 g/mol. The van der Waals surface area contributed by atoms with Gasteiger partial charge in [-0.3, -0.25) is 9.89 Å². The van der Waals surface area contributed by atoms with E-state index in [9.17, 15) is 0 Å². The van der Waals surface area contributed by atoms with Crippen LogP contribution in [0.4, 0.5) is 0 Å². The lowest BCUT2D eigenvalue weighted by molar-refractivity contribution is 0.0179. The number of aromatic nitrogens is 1. The smallest absolute Gasteiger partial charge is 0.194 e. The fraction of sp³-hybridized carbons (Fsp3) is 0.500. The quantitative estimate of drug-likeness (QED) is 0.555. The lowest BCUT2D eigenvalue weighted by atomic mass is 10.0. The average molecular weight is 418 g/mol. The topological polar surface area (TPSA) is 45.0 Å².